The van der Waals surface area contributed by atoms with Gasteiger partial charge in [-0.3, -0.25) is 0 Å². The molecule has 38 heavy (non-hydrogen) atoms. The molecule has 1 nitrogen and oxygen atoms in total. The standard InChI is InChI=1S/C37H31N/c1-2-12-28(13-3-1)38(34-18-8-11-25-10-4-5-14-29(25)34)35-19-9-17-32-36(35)30-15-6-7-16-31(30)37(32)27-21-24-20-26(23-27)33(37)22-24/h1-19,24,26-27,33H,20-23H2. The van der Waals surface area contributed by atoms with Crippen molar-refractivity contribution in [1.82, 2.24) is 0 Å². The van der Waals surface area contributed by atoms with E-state index in [4.69, 9.17) is 0 Å². The molecule has 5 aliphatic rings. The summed E-state index contributed by atoms with van der Waals surface area (Å²) < 4.78 is 0. The highest BCUT2D eigenvalue weighted by molar-refractivity contribution is 6.02. The van der Waals surface area contributed by atoms with E-state index in [-0.39, 0.29) is 5.41 Å². The number of fused-ring (bicyclic) bond motifs is 4. The second kappa shape index (κ2) is 7.60. The smallest absolute Gasteiger partial charge is 0.0543 e. The first-order valence-electron chi connectivity index (χ1n) is 14.4. The lowest BCUT2D eigenvalue weighted by Crippen LogP contribution is -2.40. The van der Waals surface area contributed by atoms with Crippen LogP contribution in [-0.2, 0) is 5.41 Å². The van der Waals surface area contributed by atoms with Gasteiger partial charge in [0.15, 0.2) is 0 Å². The summed E-state index contributed by atoms with van der Waals surface area (Å²) in [5, 5.41) is 2.57. The third-order valence-corrected chi connectivity index (χ3v) is 10.6. The van der Waals surface area contributed by atoms with Crippen molar-refractivity contribution < 1.29 is 0 Å². The van der Waals surface area contributed by atoms with Crippen molar-refractivity contribution in [1.29, 1.82) is 0 Å². The molecule has 0 aromatic heterocycles. The predicted molar refractivity (Wildman–Crippen MR) is 157 cm³/mol. The Morgan fingerprint density at radius 3 is 2.24 bits per heavy atom. The van der Waals surface area contributed by atoms with Crippen LogP contribution in [0.5, 0.6) is 0 Å². The summed E-state index contributed by atoms with van der Waals surface area (Å²) in [5.74, 6) is 3.45. The third-order valence-electron chi connectivity index (χ3n) is 10.6. The van der Waals surface area contributed by atoms with Gasteiger partial charge in [0.05, 0.1) is 11.4 Å². The highest BCUT2D eigenvalue weighted by Gasteiger charge is 2.66. The van der Waals surface area contributed by atoms with Crippen LogP contribution in [0.15, 0.2) is 115 Å². The van der Waals surface area contributed by atoms with Crippen molar-refractivity contribution in [2.75, 3.05) is 4.90 Å². The highest BCUT2D eigenvalue weighted by atomic mass is 15.1. The minimum Gasteiger partial charge on any atom is -0.309 e. The number of nitrogens with zero attached hydrogens (tertiary/aromatic N) is 1. The van der Waals surface area contributed by atoms with Crippen LogP contribution < -0.4 is 4.90 Å². The molecule has 1 heteroatoms. The molecule has 0 radical (unpaired) electrons. The summed E-state index contributed by atoms with van der Waals surface area (Å²) in [6.07, 6.45) is 5.72. The fraction of sp³-hybridized carbons (Fsp3) is 0.243. The molecule has 5 aromatic rings. The lowest BCUT2D eigenvalue weighted by atomic mass is 9.59. The van der Waals surface area contributed by atoms with Crippen LogP contribution in [-0.4, -0.2) is 0 Å². The van der Waals surface area contributed by atoms with Gasteiger partial charge in [-0.1, -0.05) is 91.0 Å². The number of hydrogen-bond donors (Lipinski definition) is 0. The Balaban J connectivity index is 1.36. The molecular formula is C37H31N. The molecular weight excluding hydrogens is 458 g/mol. The minimum absolute atomic E-state index is 0.195. The largest absolute Gasteiger partial charge is 0.309 e. The Labute approximate surface area is 224 Å². The molecule has 184 valence electrons. The Morgan fingerprint density at radius 2 is 1.32 bits per heavy atom. The Morgan fingerprint density at radius 1 is 0.579 bits per heavy atom. The fourth-order valence-corrected chi connectivity index (χ4v) is 9.58. The summed E-state index contributed by atoms with van der Waals surface area (Å²) in [5.41, 5.74) is 10.1. The van der Waals surface area contributed by atoms with Crippen molar-refractivity contribution in [2.45, 2.75) is 31.1 Å². The predicted octanol–water partition coefficient (Wildman–Crippen LogP) is 9.64. The lowest BCUT2D eigenvalue weighted by molar-refractivity contribution is 0.191. The van der Waals surface area contributed by atoms with Crippen molar-refractivity contribution in [3.05, 3.63) is 126 Å². The van der Waals surface area contributed by atoms with Crippen LogP contribution in [0.1, 0.15) is 36.8 Å². The van der Waals surface area contributed by atoms with Crippen LogP contribution in [0.2, 0.25) is 0 Å². The molecule has 5 unspecified atom stereocenters. The molecule has 4 saturated carbocycles. The second-order valence-corrected chi connectivity index (χ2v) is 12.2. The number of hydrogen-bond acceptors (Lipinski definition) is 1. The van der Waals surface area contributed by atoms with Gasteiger partial charge >= 0.3 is 0 Å². The summed E-state index contributed by atoms with van der Waals surface area (Å²) in [7, 11) is 0. The van der Waals surface area contributed by atoms with Gasteiger partial charge in [-0.25, -0.2) is 0 Å². The first-order chi connectivity index (χ1) is 18.8. The first kappa shape index (κ1) is 21.1. The van der Waals surface area contributed by atoms with E-state index in [9.17, 15) is 0 Å². The van der Waals surface area contributed by atoms with E-state index < -0.39 is 0 Å². The van der Waals surface area contributed by atoms with E-state index in [0.717, 1.165) is 23.7 Å². The summed E-state index contributed by atoms with van der Waals surface area (Å²) >= 11 is 0. The monoisotopic (exact) mass is 489 g/mol. The van der Waals surface area contributed by atoms with Crippen molar-refractivity contribution in [2.24, 2.45) is 23.7 Å². The molecule has 10 rings (SSSR count). The Hall–Kier alpha value is -3.84. The van der Waals surface area contributed by atoms with Crippen molar-refractivity contribution in [3.63, 3.8) is 0 Å². The van der Waals surface area contributed by atoms with E-state index in [1.165, 1.54) is 64.6 Å². The SMILES string of the molecule is c1ccc(N(c2cccc3c2-c2ccccc2C32C3CC4CC(C3)C2C4)c2cccc3ccccc23)cc1. The molecule has 0 amide bonds. The van der Waals surface area contributed by atoms with Gasteiger partial charge in [0.25, 0.3) is 0 Å². The van der Waals surface area contributed by atoms with Gasteiger partial charge in [-0.05, 0) is 95.7 Å². The molecule has 5 atom stereocenters. The van der Waals surface area contributed by atoms with Gasteiger partial charge in [0.2, 0.25) is 0 Å². The number of benzene rings is 5. The molecule has 0 heterocycles. The van der Waals surface area contributed by atoms with E-state index in [2.05, 4.69) is 120 Å². The molecule has 5 aliphatic carbocycles. The quantitative estimate of drug-likeness (QED) is 0.244. The topological polar surface area (TPSA) is 3.24 Å². The number of anilines is 3. The molecule has 0 aliphatic heterocycles. The zero-order valence-corrected chi connectivity index (χ0v) is 21.6. The van der Waals surface area contributed by atoms with Crippen LogP contribution in [0.3, 0.4) is 0 Å². The van der Waals surface area contributed by atoms with Crippen LogP contribution in [0.4, 0.5) is 17.1 Å². The maximum absolute atomic E-state index is 2.53. The average Bonchev–Trinajstić information content (AvgIpc) is 3.52. The van der Waals surface area contributed by atoms with E-state index in [1.54, 1.807) is 11.1 Å². The maximum Gasteiger partial charge on any atom is 0.0543 e. The minimum atomic E-state index is 0.195. The van der Waals surface area contributed by atoms with Gasteiger partial charge in [-0.15, -0.1) is 0 Å². The Bertz CT molecular complexity index is 1710. The second-order valence-electron chi connectivity index (χ2n) is 12.2. The molecule has 4 fully saturated rings. The summed E-state index contributed by atoms with van der Waals surface area (Å²) in [6.45, 7) is 0. The first-order valence-corrected chi connectivity index (χ1v) is 14.4. The molecule has 0 N–H and O–H groups in total. The van der Waals surface area contributed by atoms with Gasteiger partial charge in [0, 0.05) is 22.1 Å². The van der Waals surface area contributed by atoms with Crippen LogP contribution in [0.25, 0.3) is 21.9 Å². The molecule has 1 spiro atoms. The van der Waals surface area contributed by atoms with Gasteiger partial charge in [-0.2, -0.15) is 0 Å². The van der Waals surface area contributed by atoms with Gasteiger partial charge in [0.1, 0.15) is 0 Å². The zero-order valence-electron chi connectivity index (χ0n) is 21.6. The van der Waals surface area contributed by atoms with E-state index in [0.29, 0.717) is 0 Å². The van der Waals surface area contributed by atoms with Crippen molar-refractivity contribution >= 4 is 27.8 Å². The lowest BCUT2D eigenvalue weighted by Gasteiger charge is -2.44. The number of rotatable bonds is 3. The fourth-order valence-electron chi connectivity index (χ4n) is 9.58. The van der Waals surface area contributed by atoms with E-state index >= 15 is 0 Å². The van der Waals surface area contributed by atoms with Crippen LogP contribution >= 0.6 is 0 Å². The highest BCUT2D eigenvalue weighted by Crippen LogP contribution is 2.73. The summed E-state index contributed by atoms with van der Waals surface area (Å²) in [6, 6.07) is 43.2. The Kier molecular flexibility index (Phi) is 4.23. The van der Waals surface area contributed by atoms with Gasteiger partial charge < -0.3 is 4.90 Å². The maximum atomic E-state index is 2.53. The normalized spacial score (nSPS) is 27.7. The third kappa shape index (κ3) is 2.57. The average molecular weight is 490 g/mol. The van der Waals surface area contributed by atoms with E-state index in [1.807, 2.05) is 0 Å². The molecule has 4 bridgehead atoms. The number of para-hydroxylation sites is 1. The van der Waals surface area contributed by atoms with Crippen LogP contribution in [0, 0.1) is 23.7 Å². The van der Waals surface area contributed by atoms with Crippen molar-refractivity contribution in [3.8, 4) is 11.1 Å². The zero-order chi connectivity index (χ0) is 24.8. The summed E-state index contributed by atoms with van der Waals surface area (Å²) in [4.78, 5) is 2.53. The molecule has 5 aromatic carbocycles. The molecule has 0 saturated heterocycles.